The van der Waals surface area contributed by atoms with Crippen LogP contribution in [0, 0.1) is 10.1 Å². The predicted molar refractivity (Wildman–Crippen MR) is 103 cm³/mol. The highest BCUT2D eigenvalue weighted by Crippen LogP contribution is 2.29. The van der Waals surface area contributed by atoms with Gasteiger partial charge in [0.2, 0.25) is 0 Å². The largest absolute Gasteiger partial charge is 0.508 e. The summed E-state index contributed by atoms with van der Waals surface area (Å²) in [4.78, 5) is 27.3. The van der Waals surface area contributed by atoms with Crippen molar-refractivity contribution in [2.24, 2.45) is 0 Å². The molecule has 0 saturated carbocycles. The Morgan fingerprint density at radius 2 is 1.93 bits per heavy atom. The van der Waals surface area contributed by atoms with E-state index in [0.717, 1.165) is 6.07 Å². The van der Waals surface area contributed by atoms with Crippen molar-refractivity contribution in [2.75, 3.05) is 17.7 Å². The van der Waals surface area contributed by atoms with E-state index < -0.39 is 10.8 Å². The number of carbonyl (C=O) groups is 1. The lowest BCUT2D eigenvalue weighted by Gasteiger charge is -2.12. The van der Waals surface area contributed by atoms with Crippen LogP contribution >= 0.6 is 0 Å². The van der Waals surface area contributed by atoms with E-state index in [2.05, 4.69) is 15.6 Å². The van der Waals surface area contributed by atoms with Gasteiger partial charge in [-0.3, -0.25) is 14.9 Å². The normalized spacial score (nSPS) is 10.2. The van der Waals surface area contributed by atoms with Gasteiger partial charge in [-0.25, -0.2) is 4.98 Å². The number of pyridine rings is 1. The lowest BCUT2D eigenvalue weighted by molar-refractivity contribution is -0.385. The van der Waals surface area contributed by atoms with Crippen LogP contribution in [0.25, 0.3) is 0 Å². The molecule has 0 saturated heterocycles. The highest BCUT2D eigenvalue weighted by atomic mass is 16.6. The molecular weight excluding hydrogens is 364 g/mol. The molecule has 0 aliphatic carbocycles. The number of anilines is 3. The van der Waals surface area contributed by atoms with Crippen LogP contribution in [0.4, 0.5) is 22.9 Å². The molecule has 1 amide bonds. The van der Waals surface area contributed by atoms with Gasteiger partial charge in [0.05, 0.1) is 17.7 Å². The number of benzene rings is 2. The van der Waals surface area contributed by atoms with Gasteiger partial charge in [0.15, 0.2) is 11.6 Å². The predicted octanol–water partition coefficient (Wildman–Crippen LogP) is 3.70. The summed E-state index contributed by atoms with van der Waals surface area (Å²) in [5.41, 5.74) is 0.849. The highest BCUT2D eigenvalue weighted by Gasteiger charge is 2.19. The second kappa shape index (κ2) is 8.04. The molecule has 1 heterocycles. The van der Waals surface area contributed by atoms with Gasteiger partial charge in [-0.15, -0.1) is 0 Å². The number of nitrogens with one attached hydrogen (secondary N) is 2. The molecule has 142 valence electrons. The molecule has 9 nitrogen and oxygen atoms in total. The Kier molecular flexibility index (Phi) is 5.35. The molecule has 0 unspecified atom stereocenters. The van der Waals surface area contributed by atoms with Gasteiger partial charge in [0.1, 0.15) is 5.75 Å². The van der Waals surface area contributed by atoms with E-state index in [0.29, 0.717) is 17.2 Å². The van der Waals surface area contributed by atoms with E-state index >= 15 is 0 Å². The maximum absolute atomic E-state index is 12.6. The molecule has 0 fully saturated rings. The lowest BCUT2D eigenvalue weighted by Crippen LogP contribution is -2.14. The molecular formula is C19H16N4O5. The van der Waals surface area contributed by atoms with E-state index in [1.54, 1.807) is 30.5 Å². The Morgan fingerprint density at radius 1 is 1.18 bits per heavy atom. The second-order valence-electron chi connectivity index (χ2n) is 5.67. The van der Waals surface area contributed by atoms with E-state index in [1.165, 1.54) is 31.4 Å². The third kappa shape index (κ3) is 4.15. The fourth-order valence-corrected chi connectivity index (χ4v) is 2.46. The molecule has 0 atom stereocenters. The summed E-state index contributed by atoms with van der Waals surface area (Å²) in [6, 6.07) is 13.6. The number of rotatable bonds is 6. The molecule has 28 heavy (non-hydrogen) atoms. The standard InChI is InChI=1S/C19H16N4O5/c1-28-17-9-4-12(11-16(17)23(26)27)19(25)22-15-3-2-10-20-18(15)21-13-5-7-14(24)8-6-13/h2-11,24H,1H3,(H,20,21)(H,22,25). The van der Waals surface area contributed by atoms with Gasteiger partial charge < -0.3 is 20.5 Å². The number of phenolic OH excluding ortho intramolecular Hbond substituents is 1. The van der Waals surface area contributed by atoms with Gasteiger partial charge in [-0.2, -0.15) is 0 Å². The molecule has 3 rings (SSSR count). The third-order valence-electron chi connectivity index (χ3n) is 3.82. The van der Waals surface area contributed by atoms with Gasteiger partial charge in [0.25, 0.3) is 5.91 Å². The molecule has 9 heteroatoms. The first-order valence-corrected chi connectivity index (χ1v) is 8.13. The Bertz CT molecular complexity index is 1020. The number of nitro benzene ring substituents is 1. The molecule has 1 aromatic heterocycles. The summed E-state index contributed by atoms with van der Waals surface area (Å²) in [7, 11) is 1.32. The van der Waals surface area contributed by atoms with Crippen LogP contribution in [0.2, 0.25) is 0 Å². The van der Waals surface area contributed by atoms with Crippen LogP contribution in [-0.2, 0) is 0 Å². The topological polar surface area (TPSA) is 127 Å². The molecule has 0 aliphatic heterocycles. The van der Waals surface area contributed by atoms with Crippen LogP contribution < -0.4 is 15.4 Å². The molecule has 0 spiro atoms. The zero-order valence-electron chi connectivity index (χ0n) is 14.7. The van der Waals surface area contributed by atoms with Gasteiger partial charge in [-0.05, 0) is 48.5 Å². The first kappa shape index (κ1) is 18.6. The Balaban J connectivity index is 1.84. The first-order chi connectivity index (χ1) is 13.5. The number of hydrogen-bond acceptors (Lipinski definition) is 7. The number of carbonyl (C=O) groups excluding carboxylic acids is 1. The number of ether oxygens (including phenoxy) is 1. The zero-order valence-corrected chi connectivity index (χ0v) is 14.7. The number of phenols is 1. The van der Waals surface area contributed by atoms with Crippen LogP contribution in [0.1, 0.15) is 10.4 Å². The number of amides is 1. The van der Waals surface area contributed by atoms with Crippen molar-refractivity contribution < 1.29 is 19.6 Å². The van der Waals surface area contributed by atoms with E-state index in [-0.39, 0.29) is 22.7 Å². The molecule has 2 aromatic carbocycles. The summed E-state index contributed by atoms with van der Waals surface area (Å²) in [5, 5.41) is 26.2. The molecule has 0 aliphatic rings. The summed E-state index contributed by atoms with van der Waals surface area (Å²) in [5.74, 6) is 0.0378. The number of methoxy groups -OCH3 is 1. The Morgan fingerprint density at radius 3 is 2.61 bits per heavy atom. The first-order valence-electron chi connectivity index (χ1n) is 8.13. The number of nitro groups is 1. The number of aromatic hydroxyl groups is 1. The summed E-state index contributed by atoms with van der Waals surface area (Å²) in [6.07, 6.45) is 1.55. The maximum atomic E-state index is 12.6. The molecule has 3 aromatic rings. The number of nitrogens with zero attached hydrogens (tertiary/aromatic N) is 2. The monoisotopic (exact) mass is 380 g/mol. The quantitative estimate of drug-likeness (QED) is 0.338. The molecule has 0 radical (unpaired) electrons. The third-order valence-corrected chi connectivity index (χ3v) is 3.82. The number of aromatic nitrogens is 1. The van der Waals surface area contributed by atoms with E-state index in [1.807, 2.05) is 0 Å². The van der Waals surface area contributed by atoms with Crippen LogP contribution in [0.15, 0.2) is 60.8 Å². The van der Waals surface area contributed by atoms with Crippen molar-refractivity contribution in [3.63, 3.8) is 0 Å². The van der Waals surface area contributed by atoms with Gasteiger partial charge in [-0.1, -0.05) is 0 Å². The maximum Gasteiger partial charge on any atom is 0.311 e. The van der Waals surface area contributed by atoms with Crippen molar-refractivity contribution >= 4 is 28.8 Å². The fourth-order valence-electron chi connectivity index (χ4n) is 2.46. The summed E-state index contributed by atoms with van der Waals surface area (Å²) >= 11 is 0. The van der Waals surface area contributed by atoms with Crippen LogP contribution in [0.3, 0.4) is 0 Å². The second-order valence-corrected chi connectivity index (χ2v) is 5.67. The summed E-state index contributed by atoms with van der Waals surface area (Å²) in [6.45, 7) is 0. The summed E-state index contributed by atoms with van der Waals surface area (Å²) < 4.78 is 4.94. The minimum atomic E-state index is -0.614. The smallest absolute Gasteiger partial charge is 0.311 e. The minimum absolute atomic E-state index is 0.0672. The van der Waals surface area contributed by atoms with Gasteiger partial charge >= 0.3 is 5.69 Å². The Hall–Kier alpha value is -4.14. The molecule has 3 N–H and O–H groups in total. The Labute approximate surface area is 159 Å². The number of hydrogen-bond donors (Lipinski definition) is 3. The average molecular weight is 380 g/mol. The fraction of sp³-hybridized carbons (Fsp3) is 0.0526. The molecule has 0 bridgehead atoms. The lowest BCUT2D eigenvalue weighted by atomic mass is 10.1. The van der Waals surface area contributed by atoms with Crippen molar-refractivity contribution in [2.45, 2.75) is 0 Å². The minimum Gasteiger partial charge on any atom is -0.508 e. The average Bonchev–Trinajstić information content (AvgIpc) is 2.70. The van der Waals surface area contributed by atoms with E-state index in [9.17, 15) is 20.0 Å². The van der Waals surface area contributed by atoms with Crippen molar-refractivity contribution in [3.05, 3.63) is 76.5 Å². The van der Waals surface area contributed by atoms with E-state index in [4.69, 9.17) is 4.74 Å². The SMILES string of the molecule is COc1ccc(C(=O)Nc2cccnc2Nc2ccc(O)cc2)cc1[N+](=O)[O-]. The van der Waals surface area contributed by atoms with Crippen LogP contribution in [-0.4, -0.2) is 28.0 Å². The van der Waals surface area contributed by atoms with Crippen molar-refractivity contribution in [3.8, 4) is 11.5 Å². The van der Waals surface area contributed by atoms with Crippen molar-refractivity contribution in [1.82, 2.24) is 4.98 Å². The zero-order chi connectivity index (χ0) is 20.1. The van der Waals surface area contributed by atoms with Crippen LogP contribution in [0.5, 0.6) is 11.5 Å². The van der Waals surface area contributed by atoms with Gasteiger partial charge in [0, 0.05) is 23.5 Å². The highest BCUT2D eigenvalue weighted by molar-refractivity contribution is 6.06. The van der Waals surface area contributed by atoms with Crippen molar-refractivity contribution in [1.29, 1.82) is 0 Å².